The molecule has 0 aromatic carbocycles. The minimum Gasteiger partial charge on any atom is -0.468 e. The largest absolute Gasteiger partial charge is 0.468 e. The second-order valence-corrected chi connectivity index (χ2v) is 5.96. The summed E-state index contributed by atoms with van der Waals surface area (Å²) < 4.78 is 11.4. The lowest BCUT2D eigenvalue weighted by Gasteiger charge is -2.03. The molecule has 7 heteroatoms. The first-order valence-corrected chi connectivity index (χ1v) is 8.20. The maximum Gasteiger partial charge on any atom is 0.341 e. The minimum absolute atomic E-state index is 0.346. The molecule has 3 heterocycles. The Bertz CT molecular complexity index is 766. The van der Waals surface area contributed by atoms with Crippen LogP contribution in [0.4, 0.5) is 0 Å². The highest BCUT2D eigenvalue weighted by Gasteiger charge is 2.16. The van der Waals surface area contributed by atoms with Gasteiger partial charge < -0.3 is 9.15 Å². The van der Waals surface area contributed by atoms with E-state index in [2.05, 4.69) is 9.97 Å². The quantitative estimate of drug-likeness (QED) is 0.405. The summed E-state index contributed by atoms with van der Waals surface area (Å²) in [7, 11) is 0. The van der Waals surface area contributed by atoms with Gasteiger partial charge in [-0.2, -0.15) is 0 Å². The molecule has 3 rings (SSSR count). The maximum atomic E-state index is 11.8. The highest BCUT2D eigenvalue weighted by molar-refractivity contribution is 7.98. The van der Waals surface area contributed by atoms with E-state index in [9.17, 15) is 4.79 Å². The van der Waals surface area contributed by atoms with E-state index in [1.165, 1.54) is 18.0 Å². The standard InChI is InChI=1S/C14H12N2O3S2/c1-2-18-14(17)9-3-5-19-11(9)7-21-13-12-10(4-6-20-12)15-8-16-13/h3-6,8H,2,7H2,1H3. The van der Waals surface area contributed by atoms with Crippen LogP contribution in [0.3, 0.4) is 0 Å². The molecule has 21 heavy (non-hydrogen) atoms. The number of rotatable bonds is 5. The summed E-state index contributed by atoms with van der Waals surface area (Å²) in [5.74, 6) is 0.762. The fourth-order valence-electron chi connectivity index (χ4n) is 1.85. The predicted molar refractivity (Wildman–Crippen MR) is 81.6 cm³/mol. The Balaban J connectivity index is 1.78. The molecule has 0 saturated carbocycles. The van der Waals surface area contributed by atoms with E-state index < -0.39 is 0 Å². The molecule has 108 valence electrons. The summed E-state index contributed by atoms with van der Waals surface area (Å²) in [6, 6.07) is 3.59. The Labute approximate surface area is 129 Å². The van der Waals surface area contributed by atoms with Gasteiger partial charge in [0, 0.05) is 0 Å². The van der Waals surface area contributed by atoms with Gasteiger partial charge in [-0.05, 0) is 24.4 Å². The van der Waals surface area contributed by atoms with Crippen molar-refractivity contribution in [1.29, 1.82) is 0 Å². The van der Waals surface area contributed by atoms with E-state index in [1.54, 1.807) is 30.7 Å². The highest BCUT2D eigenvalue weighted by atomic mass is 32.2. The van der Waals surface area contributed by atoms with Gasteiger partial charge in [-0.3, -0.25) is 0 Å². The molecule has 0 fully saturated rings. The van der Waals surface area contributed by atoms with Gasteiger partial charge in [0.25, 0.3) is 0 Å². The number of hydrogen-bond donors (Lipinski definition) is 0. The zero-order valence-corrected chi connectivity index (χ0v) is 12.9. The number of carbonyl (C=O) groups is 1. The lowest BCUT2D eigenvalue weighted by molar-refractivity contribution is 0.0524. The topological polar surface area (TPSA) is 65.2 Å². The van der Waals surface area contributed by atoms with Crippen LogP contribution in [0.15, 0.2) is 39.5 Å². The number of fused-ring (bicyclic) bond motifs is 1. The Kier molecular flexibility index (Phi) is 4.21. The van der Waals surface area contributed by atoms with Crippen molar-refractivity contribution >= 4 is 39.3 Å². The summed E-state index contributed by atoms with van der Waals surface area (Å²) in [5, 5.41) is 2.88. The number of aromatic nitrogens is 2. The van der Waals surface area contributed by atoms with Gasteiger partial charge in [-0.15, -0.1) is 11.3 Å². The van der Waals surface area contributed by atoms with E-state index in [0.717, 1.165) is 15.2 Å². The third-order valence-corrected chi connectivity index (χ3v) is 4.82. The minimum atomic E-state index is -0.356. The molecule has 0 amide bonds. The second kappa shape index (κ2) is 6.28. The maximum absolute atomic E-state index is 11.8. The zero-order valence-electron chi connectivity index (χ0n) is 11.2. The van der Waals surface area contributed by atoms with Crippen LogP contribution in [0.25, 0.3) is 10.2 Å². The zero-order chi connectivity index (χ0) is 14.7. The van der Waals surface area contributed by atoms with Gasteiger partial charge in [0.15, 0.2) is 0 Å². The molecule has 5 nitrogen and oxygen atoms in total. The number of carbonyl (C=O) groups excluding carboxylic acids is 1. The molecule has 0 bridgehead atoms. The van der Waals surface area contributed by atoms with E-state index in [4.69, 9.17) is 9.15 Å². The molecule has 0 radical (unpaired) electrons. The van der Waals surface area contributed by atoms with Crippen molar-refractivity contribution in [3.8, 4) is 0 Å². The number of hydrogen-bond acceptors (Lipinski definition) is 7. The van der Waals surface area contributed by atoms with Crippen LogP contribution in [-0.2, 0) is 10.5 Å². The summed E-state index contributed by atoms with van der Waals surface area (Å²) >= 11 is 3.12. The van der Waals surface area contributed by atoms with Crippen molar-refractivity contribution in [3.05, 3.63) is 41.4 Å². The third-order valence-electron chi connectivity index (χ3n) is 2.79. The number of thioether (sulfide) groups is 1. The molecule has 0 saturated heterocycles. The monoisotopic (exact) mass is 320 g/mol. The normalized spacial score (nSPS) is 10.9. The molecule has 0 aliphatic carbocycles. The van der Waals surface area contributed by atoms with Crippen molar-refractivity contribution < 1.29 is 13.9 Å². The molecule has 3 aromatic rings. The molecule has 3 aromatic heterocycles. The fraction of sp³-hybridized carbons (Fsp3) is 0.214. The Morgan fingerprint density at radius 2 is 2.33 bits per heavy atom. The SMILES string of the molecule is CCOC(=O)c1ccoc1CSc1ncnc2ccsc12. The Morgan fingerprint density at radius 1 is 1.43 bits per heavy atom. The van der Waals surface area contributed by atoms with E-state index in [1.807, 2.05) is 11.4 Å². The third kappa shape index (κ3) is 2.93. The van der Waals surface area contributed by atoms with Crippen molar-refractivity contribution in [2.24, 2.45) is 0 Å². The number of thiophene rings is 1. The van der Waals surface area contributed by atoms with Crippen LogP contribution < -0.4 is 0 Å². The van der Waals surface area contributed by atoms with Crippen LogP contribution in [0.2, 0.25) is 0 Å². The molecule has 0 unspecified atom stereocenters. The fourth-order valence-corrected chi connectivity index (χ4v) is 3.74. The van der Waals surface area contributed by atoms with Crippen LogP contribution in [0, 0.1) is 0 Å². The van der Waals surface area contributed by atoms with Crippen LogP contribution >= 0.6 is 23.1 Å². The van der Waals surface area contributed by atoms with Gasteiger partial charge in [0.2, 0.25) is 0 Å². The van der Waals surface area contributed by atoms with Gasteiger partial charge in [0.1, 0.15) is 22.7 Å². The first kappa shape index (κ1) is 14.1. The van der Waals surface area contributed by atoms with Gasteiger partial charge in [0.05, 0.1) is 28.8 Å². The van der Waals surface area contributed by atoms with Crippen molar-refractivity contribution in [1.82, 2.24) is 9.97 Å². The molecule has 0 aliphatic heterocycles. The van der Waals surface area contributed by atoms with Crippen molar-refractivity contribution in [2.45, 2.75) is 17.7 Å². The van der Waals surface area contributed by atoms with Crippen LogP contribution in [0.1, 0.15) is 23.0 Å². The summed E-state index contributed by atoms with van der Waals surface area (Å²) in [5.41, 5.74) is 1.41. The summed E-state index contributed by atoms with van der Waals surface area (Å²) in [6.45, 7) is 2.12. The Hall–Kier alpha value is -1.86. The van der Waals surface area contributed by atoms with Gasteiger partial charge in [-0.25, -0.2) is 14.8 Å². The summed E-state index contributed by atoms with van der Waals surface area (Å²) in [4.78, 5) is 20.3. The van der Waals surface area contributed by atoms with Gasteiger partial charge >= 0.3 is 5.97 Å². The first-order chi connectivity index (χ1) is 10.3. The number of esters is 1. The smallest absolute Gasteiger partial charge is 0.341 e. The van der Waals surface area contributed by atoms with Crippen molar-refractivity contribution in [3.63, 3.8) is 0 Å². The van der Waals surface area contributed by atoms with E-state index >= 15 is 0 Å². The molecule has 0 N–H and O–H groups in total. The van der Waals surface area contributed by atoms with Crippen LogP contribution in [0.5, 0.6) is 0 Å². The molecule has 0 atom stereocenters. The van der Waals surface area contributed by atoms with Crippen molar-refractivity contribution in [2.75, 3.05) is 6.61 Å². The summed E-state index contributed by atoms with van der Waals surface area (Å²) in [6.07, 6.45) is 3.05. The number of nitrogens with zero attached hydrogens (tertiary/aromatic N) is 2. The molecular weight excluding hydrogens is 308 g/mol. The predicted octanol–water partition coefficient (Wildman–Crippen LogP) is 3.75. The van der Waals surface area contributed by atoms with Gasteiger partial charge in [-0.1, -0.05) is 11.8 Å². The Morgan fingerprint density at radius 3 is 3.19 bits per heavy atom. The molecular formula is C14H12N2O3S2. The second-order valence-electron chi connectivity index (χ2n) is 4.08. The van der Waals surface area contributed by atoms with E-state index in [0.29, 0.717) is 23.7 Å². The lowest BCUT2D eigenvalue weighted by atomic mass is 10.3. The average Bonchev–Trinajstić information content (AvgIpc) is 3.14. The first-order valence-electron chi connectivity index (χ1n) is 6.34. The molecule has 0 spiro atoms. The number of ether oxygens (including phenoxy) is 1. The van der Waals surface area contributed by atoms with Crippen LogP contribution in [-0.4, -0.2) is 22.5 Å². The molecule has 0 aliphatic rings. The number of furan rings is 1. The van der Waals surface area contributed by atoms with E-state index in [-0.39, 0.29) is 5.97 Å². The lowest BCUT2D eigenvalue weighted by Crippen LogP contribution is -2.05. The average molecular weight is 320 g/mol. The highest BCUT2D eigenvalue weighted by Crippen LogP contribution is 2.31.